The molecule has 1 aliphatic heterocycles. The maximum Gasteiger partial charge on any atom is 0.338 e. The molecule has 5 heteroatoms. The second kappa shape index (κ2) is 8.48. The third kappa shape index (κ3) is 4.14. The van der Waals surface area contributed by atoms with Crippen LogP contribution in [0.3, 0.4) is 0 Å². The summed E-state index contributed by atoms with van der Waals surface area (Å²) in [4.78, 5) is 24.2. The summed E-state index contributed by atoms with van der Waals surface area (Å²) in [6.45, 7) is 0. The summed E-state index contributed by atoms with van der Waals surface area (Å²) in [5.74, 6) is -0.343. The molecule has 0 radical (unpaired) electrons. The number of hydrogen-bond acceptors (Lipinski definition) is 5. The normalized spacial score (nSPS) is 31.5. The first-order chi connectivity index (χ1) is 13.6. The lowest BCUT2D eigenvalue weighted by Crippen LogP contribution is -2.26. The van der Waals surface area contributed by atoms with E-state index in [1.165, 1.54) is 19.3 Å². The largest absolute Gasteiger partial charge is 0.462 e. The number of carbonyl (C=O) groups excluding carboxylic acids is 2. The predicted molar refractivity (Wildman–Crippen MR) is 103 cm³/mol. The van der Waals surface area contributed by atoms with Crippen LogP contribution in [0.2, 0.25) is 0 Å². The molecule has 1 aromatic rings. The van der Waals surface area contributed by atoms with Crippen molar-refractivity contribution >= 4 is 11.9 Å². The van der Waals surface area contributed by atoms with Crippen LogP contribution in [0.1, 0.15) is 55.3 Å². The first kappa shape index (κ1) is 19.2. The molecule has 5 nitrogen and oxygen atoms in total. The summed E-state index contributed by atoms with van der Waals surface area (Å²) in [7, 11) is 0. The van der Waals surface area contributed by atoms with Crippen LogP contribution in [-0.4, -0.2) is 35.4 Å². The standard InChI is InChI=1S/C23H28O5/c24-19(15-7-3-1-4-8-15)12-11-17-18-13-22(25)27-21(18)14-20(17)28-23(26)16-9-5-2-6-10-16/h2,5-6,9-12,15,17-21,24H,1,3-4,7-8,13-14H2/b12-11+/t17-,18-,19+,20-,21+/m1/s1. The first-order valence-corrected chi connectivity index (χ1v) is 10.4. The summed E-state index contributed by atoms with van der Waals surface area (Å²) >= 11 is 0. The van der Waals surface area contributed by atoms with Gasteiger partial charge in [0.2, 0.25) is 0 Å². The van der Waals surface area contributed by atoms with Crippen LogP contribution in [0, 0.1) is 17.8 Å². The number of fused-ring (bicyclic) bond motifs is 1. The molecule has 2 aliphatic carbocycles. The van der Waals surface area contributed by atoms with Crippen molar-refractivity contribution in [2.45, 2.75) is 63.3 Å². The van der Waals surface area contributed by atoms with Gasteiger partial charge in [-0.15, -0.1) is 0 Å². The Bertz CT molecular complexity index is 722. The zero-order valence-electron chi connectivity index (χ0n) is 16.0. The van der Waals surface area contributed by atoms with Gasteiger partial charge in [0.15, 0.2) is 0 Å². The number of rotatable bonds is 5. The Hall–Kier alpha value is -2.14. The highest BCUT2D eigenvalue weighted by atomic mass is 16.6. The van der Waals surface area contributed by atoms with Crippen molar-refractivity contribution in [2.24, 2.45) is 17.8 Å². The predicted octanol–water partition coefficient (Wildman–Crippen LogP) is 3.66. The lowest BCUT2D eigenvalue weighted by molar-refractivity contribution is -0.141. The minimum atomic E-state index is -0.483. The molecule has 0 spiro atoms. The number of aliphatic hydroxyl groups excluding tert-OH is 1. The van der Waals surface area contributed by atoms with Crippen LogP contribution >= 0.6 is 0 Å². The highest BCUT2D eigenvalue weighted by Crippen LogP contribution is 2.44. The molecule has 0 aromatic heterocycles. The van der Waals surface area contributed by atoms with Crippen LogP contribution in [-0.2, 0) is 14.3 Å². The van der Waals surface area contributed by atoms with Crippen molar-refractivity contribution in [3.8, 4) is 0 Å². The van der Waals surface area contributed by atoms with E-state index in [2.05, 4.69) is 0 Å². The molecule has 1 saturated heterocycles. The molecular formula is C23H28O5. The maximum absolute atomic E-state index is 12.5. The molecule has 2 saturated carbocycles. The summed E-state index contributed by atoms with van der Waals surface area (Å²) in [5.41, 5.74) is 0.515. The Morgan fingerprint density at radius 2 is 1.93 bits per heavy atom. The van der Waals surface area contributed by atoms with Gasteiger partial charge in [-0.3, -0.25) is 4.79 Å². The average Bonchev–Trinajstić information content (AvgIpc) is 3.23. The monoisotopic (exact) mass is 384 g/mol. The fraction of sp³-hybridized carbons (Fsp3) is 0.565. The van der Waals surface area contributed by atoms with Gasteiger partial charge < -0.3 is 14.6 Å². The van der Waals surface area contributed by atoms with Crippen LogP contribution in [0.25, 0.3) is 0 Å². The SMILES string of the molecule is O=C1C[C@@H]2[C@@H](/C=C/[C@H](O)C3CCCCC3)[C@H](OC(=O)c3ccccc3)C[C@@H]2O1. The molecule has 3 aliphatic rings. The summed E-state index contributed by atoms with van der Waals surface area (Å²) < 4.78 is 11.2. The van der Waals surface area contributed by atoms with E-state index in [1.807, 2.05) is 18.2 Å². The van der Waals surface area contributed by atoms with Gasteiger partial charge in [-0.2, -0.15) is 0 Å². The molecule has 0 unspecified atom stereocenters. The molecule has 4 rings (SSSR count). The Morgan fingerprint density at radius 1 is 1.18 bits per heavy atom. The van der Waals surface area contributed by atoms with Gasteiger partial charge in [0.05, 0.1) is 18.1 Å². The van der Waals surface area contributed by atoms with Gasteiger partial charge in [0.1, 0.15) is 12.2 Å². The topological polar surface area (TPSA) is 72.8 Å². The zero-order valence-corrected chi connectivity index (χ0v) is 16.0. The summed E-state index contributed by atoms with van der Waals surface area (Å²) in [6, 6.07) is 8.93. The van der Waals surface area contributed by atoms with E-state index in [0.717, 1.165) is 12.8 Å². The van der Waals surface area contributed by atoms with Crippen LogP contribution in [0.15, 0.2) is 42.5 Å². The van der Waals surface area contributed by atoms with E-state index in [0.29, 0.717) is 24.3 Å². The average molecular weight is 384 g/mol. The molecule has 0 amide bonds. The fourth-order valence-electron chi connectivity index (χ4n) is 4.94. The zero-order chi connectivity index (χ0) is 19.5. The Labute approximate surface area is 165 Å². The van der Waals surface area contributed by atoms with Crippen molar-refractivity contribution < 1.29 is 24.2 Å². The van der Waals surface area contributed by atoms with Crippen LogP contribution in [0.4, 0.5) is 0 Å². The fourth-order valence-corrected chi connectivity index (χ4v) is 4.94. The smallest absolute Gasteiger partial charge is 0.338 e. The van der Waals surface area contributed by atoms with Gasteiger partial charge in [-0.05, 0) is 30.9 Å². The minimum Gasteiger partial charge on any atom is -0.462 e. The minimum absolute atomic E-state index is 0.0101. The second-order valence-electron chi connectivity index (χ2n) is 8.29. The van der Waals surface area contributed by atoms with E-state index < -0.39 is 6.10 Å². The van der Waals surface area contributed by atoms with Crippen molar-refractivity contribution in [2.75, 3.05) is 0 Å². The van der Waals surface area contributed by atoms with Crippen molar-refractivity contribution in [1.82, 2.24) is 0 Å². The van der Waals surface area contributed by atoms with Gasteiger partial charge in [-0.25, -0.2) is 4.79 Å². The van der Waals surface area contributed by atoms with Crippen molar-refractivity contribution in [1.29, 1.82) is 0 Å². The quantitative estimate of drug-likeness (QED) is 0.620. The summed E-state index contributed by atoms with van der Waals surface area (Å²) in [6.07, 6.45) is 9.35. The molecule has 1 heterocycles. The van der Waals surface area contributed by atoms with Gasteiger partial charge in [-0.1, -0.05) is 49.6 Å². The molecule has 1 aromatic carbocycles. The van der Waals surface area contributed by atoms with E-state index in [9.17, 15) is 14.7 Å². The van der Waals surface area contributed by atoms with Crippen molar-refractivity contribution in [3.63, 3.8) is 0 Å². The maximum atomic E-state index is 12.5. The molecular weight excluding hydrogens is 356 g/mol. The van der Waals surface area contributed by atoms with E-state index in [-0.39, 0.29) is 36.0 Å². The number of aliphatic hydroxyl groups is 1. The molecule has 0 bridgehead atoms. The van der Waals surface area contributed by atoms with Crippen LogP contribution in [0.5, 0.6) is 0 Å². The van der Waals surface area contributed by atoms with Gasteiger partial charge >= 0.3 is 11.9 Å². The second-order valence-corrected chi connectivity index (χ2v) is 8.29. The lowest BCUT2D eigenvalue weighted by atomic mass is 9.84. The highest BCUT2D eigenvalue weighted by Gasteiger charge is 2.50. The Balaban J connectivity index is 1.46. The molecule has 3 fully saturated rings. The van der Waals surface area contributed by atoms with E-state index >= 15 is 0 Å². The van der Waals surface area contributed by atoms with E-state index in [4.69, 9.17) is 9.47 Å². The number of esters is 2. The third-order valence-corrected chi connectivity index (χ3v) is 6.48. The number of hydrogen-bond donors (Lipinski definition) is 1. The Kier molecular flexibility index (Phi) is 5.81. The molecule has 28 heavy (non-hydrogen) atoms. The number of ether oxygens (including phenoxy) is 2. The van der Waals surface area contributed by atoms with Crippen LogP contribution < -0.4 is 0 Å². The molecule has 5 atom stereocenters. The lowest BCUT2D eigenvalue weighted by Gasteiger charge is -2.25. The molecule has 150 valence electrons. The number of carbonyl (C=O) groups is 2. The Morgan fingerprint density at radius 3 is 2.68 bits per heavy atom. The van der Waals surface area contributed by atoms with Gasteiger partial charge in [0.25, 0.3) is 0 Å². The first-order valence-electron chi connectivity index (χ1n) is 10.4. The van der Waals surface area contributed by atoms with Gasteiger partial charge in [0, 0.05) is 18.3 Å². The third-order valence-electron chi connectivity index (χ3n) is 6.48. The van der Waals surface area contributed by atoms with Crippen molar-refractivity contribution in [3.05, 3.63) is 48.0 Å². The highest BCUT2D eigenvalue weighted by molar-refractivity contribution is 5.89. The van der Waals surface area contributed by atoms with E-state index in [1.54, 1.807) is 24.3 Å². The number of benzene rings is 1. The summed E-state index contributed by atoms with van der Waals surface area (Å²) in [5, 5.41) is 10.6. The molecule has 1 N–H and O–H groups in total.